The van der Waals surface area contributed by atoms with E-state index in [0.717, 1.165) is 12.8 Å². The van der Waals surface area contributed by atoms with Gasteiger partial charge in [0.05, 0.1) is 0 Å². The Morgan fingerprint density at radius 2 is 2.11 bits per heavy atom. The van der Waals surface area contributed by atoms with Gasteiger partial charge in [0.2, 0.25) is 0 Å². The summed E-state index contributed by atoms with van der Waals surface area (Å²) in [7, 11) is 0. The van der Waals surface area contributed by atoms with Crippen molar-refractivity contribution >= 4 is 19.4 Å². The van der Waals surface area contributed by atoms with Crippen LogP contribution in [0.25, 0.3) is 0 Å². The Morgan fingerprint density at radius 3 is 2.83 bits per heavy atom. The molecule has 0 unspecified atom stereocenters. The van der Waals surface area contributed by atoms with Gasteiger partial charge in [-0.3, -0.25) is 0 Å². The molecule has 0 radical (unpaired) electrons. The van der Waals surface area contributed by atoms with Crippen LogP contribution in [0.2, 0.25) is 4.82 Å². The van der Waals surface area contributed by atoms with Crippen LogP contribution in [0.15, 0.2) is 30.3 Å². The van der Waals surface area contributed by atoms with E-state index in [-0.39, 0.29) is 6.10 Å². The first-order valence-electron chi connectivity index (χ1n) is 6.81. The molecule has 0 aromatic heterocycles. The topological polar surface area (TPSA) is 29.5 Å². The molecule has 0 amide bonds. The van der Waals surface area contributed by atoms with Crippen LogP contribution in [0.3, 0.4) is 0 Å². The minimum atomic E-state index is -0.265. The fourth-order valence-corrected chi connectivity index (χ4v) is 5.13. The van der Waals surface area contributed by atoms with E-state index in [1.807, 2.05) is 0 Å². The molecule has 1 aromatic rings. The van der Waals surface area contributed by atoms with Crippen LogP contribution in [0, 0.1) is 0 Å². The van der Waals surface area contributed by atoms with Crippen molar-refractivity contribution in [1.29, 1.82) is 0 Å². The number of aliphatic hydroxyl groups excluding tert-OH is 1. The predicted molar refractivity (Wildman–Crippen MR) is 75.5 cm³/mol. The van der Waals surface area contributed by atoms with Crippen molar-refractivity contribution in [2.75, 3.05) is 6.61 Å². The van der Waals surface area contributed by atoms with Gasteiger partial charge in [-0.1, -0.05) is 0 Å². The molecule has 100 valence electrons. The van der Waals surface area contributed by atoms with Crippen molar-refractivity contribution < 1.29 is 9.84 Å². The number of ether oxygens (including phenoxy) is 1. The van der Waals surface area contributed by atoms with Crippen LogP contribution >= 0.6 is 0 Å². The molecule has 0 aliphatic carbocycles. The first-order chi connectivity index (χ1) is 8.79. The first kappa shape index (κ1) is 14.1. The standard InChI is InChI=1S/C15H22O2Se/c1-2-3-9-14-15(10-12(16)11-17-14)18-13-7-5-4-6-8-13/h4-8,12,14-16H,2-3,9-11H2,1H3/t12-,14+,15+/m0/s1. The van der Waals surface area contributed by atoms with Gasteiger partial charge in [-0.2, -0.15) is 0 Å². The molecule has 1 aromatic carbocycles. The van der Waals surface area contributed by atoms with E-state index in [4.69, 9.17) is 4.74 Å². The molecule has 1 fully saturated rings. The Labute approximate surface area is 116 Å². The molecule has 1 N–H and O–H groups in total. The Kier molecular flexibility index (Phi) is 5.71. The number of rotatable bonds is 5. The van der Waals surface area contributed by atoms with Crippen LogP contribution in [0.5, 0.6) is 0 Å². The second-order valence-corrected chi connectivity index (χ2v) is 7.63. The molecule has 3 heteroatoms. The summed E-state index contributed by atoms with van der Waals surface area (Å²) in [6.45, 7) is 2.74. The molecule has 18 heavy (non-hydrogen) atoms. The van der Waals surface area contributed by atoms with Crippen molar-refractivity contribution in [1.82, 2.24) is 0 Å². The Bertz CT molecular complexity index is 340. The van der Waals surface area contributed by atoms with E-state index in [0.29, 0.717) is 32.5 Å². The van der Waals surface area contributed by atoms with Gasteiger partial charge in [0, 0.05) is 0 Å². The molecule has 3 atom stereocenters. The Balaban J connectivity index is 1.96. The van der Waals surface area contributed by atoms with Crippen LogP contribution < -0.4 is 4.46 Å². The number of aliphatic hydroxyl groups is 1. The summed E-state index contributed by atoms with van der Waals surface area (Å²) in [5.74, 6) is 0. The molecular formula is C15H22O2Se. The van der Waals surface area contributed by atoms with E-state index in [1.54, 1.807) is 0 Å². The number of hydrogen-bond acceptors (Lipinski definition) is 2. The average molecular weight is 313 g/mol. The monoisotopic (exact) mass is 314 g/mol. The summed E-state index contributed by atoms with van der Waals surface area (Å²) in [6, 6.07) is 10.6. The van der Waals surface area contributed by atoms with Crippen molar-refractivity contribution in [3.05, 3.63) is 30.3 Å². The summed E-state index contributed by atoms with van der Waals surface area (Å²) in [5, 5.41) is 9.79. The van der Waals surface area contributed by atoms with E-state index >= 15 is 0 Å². The third-order valence-electron chi connectivity index (χ3n) is 3.29. The number of benzene rings is 1. The molecule has 0 bridgehead atoms. The van der Waals surface area contributed by atoms with Gasteiger partial charge in [-0.15, -0.1) is 0 Å². The maximum absolute atomic E-state index is 9.79. The van der Waals surface area contributed by atoms with Crippen LogP contribution in [-0.2, 0) is 4.74 Å². The zero-order valence-corrected chi connectivity index (χ0v) is 12.6. The van der Waals surface area contributed by atoms with Crippen molar-refractivity contribution in [3.8, 4) is 0 Å². The van der Waals surface area contributed by atoms with Gasteiger partial charge in [0.15, 0.2) is 0 Å². The van der Waals surface area contributed by atoms with E-state index in [2.05, 4.69) is 37.3 Å². The van der Waals surface area contributed by atoms with Crippen molar-refractivity contribution in [3.63, 3.8) is 0 Å². The second-order valence-electron chi connectivity index (χ2n) is 4.87. The maximum atomic E-state index is 9.79. The van der Waals surface area contributed by atoms with E-state index in [1.165, 1.54) is 17.3 Å². The van der Waals surface area contributed by atoms with Gasteiger partial charge in [-0.05, 0) is 0 Å². The molecule has 1 aliphatic heterocycles. The van der Waals surface area contributed by atoms with Crippen molar-refractivity contribution in [2.24, 2.45) is 0 Å². The van der Waals surface area contributed by atoms with Gasteiger partial charge in [0.1, 0.15) is 0 Å². The zero-order chi connectivity index (χ0) is 12.8. The molecule has 1 heterocycles. The third-order valence-corrected chi connectivity index (χ3v) is 6.11. The predicted octanol–water partition coefficient (Wildman–Crippen LogP) is 2.14. The summed E-state index contributed by atoms with van der Waals surface area (Å²) < 4.78 is 7.25. The number of hydrogen-bond donors (Lipinski definition) is 1. The molecule has 1 saturated heterocycles. The van der Waals surface area contributed by atoms with Gasteiger partial charge < -0.3 is 0 Å². The average Bonchev–Trinajstić information content (AvgIpc) is 2.39. The normalized spacial score (nSPS) is 28.2. The van der Waals surface area contributed by atoms with Crippen molar-refractivity contribution in [2.45, 2.75) is 49.6 Å². The van der Waals surface area contributed by atoms with Gasteiger partial charge >= 0.3 is 116 Å². The molecule has 0 spiro atoms. The fraction of sp³-hybridized carbons (Fsp3) is 0.600. The van der Waals surface area contributed by atoms with Crippen LogP contribution in [-0.4, -0.2) is 38.9 Å². The Morgan fingerprint density at radius 1 is 1.33 bits per heavy atom. The second kappa shape index (κ2) is 7.30. The summed E-state index contributed by atoms with van der Waals surface area (Å²) in [6.07, 6.45) is 4.58. The van der Waals surface area contributed by atoms with Gasteiger partial charge in [0.25, 0.3) is 0 Å². The molecular weight excluding hydrogens is 291 g/mol. The van der Waals surface area contributed by atoms with Crippen LogP contribution in [0.1, 0.15) is 32.6 Å². The quantitative estimate of drug-likeness (QED) is 0.844. The first-order valence-corrected chi connectivity index (χ1v) is 8.65. The van der Waals surface area contributed by atoms with E-state index < -0.39 is 0 Å². The number of unbranched alkanes of at least 4 members (excludes halogenated alkanes) is 1. The Hall–Kier alpha value is -0.341. The summed E-state index contributed by atoms with van der Waals surface area (Å²) in [4.78, 5) is 0.523. The van der Waals surface area contributed by atoms with E-state index in [9.17, 15) is 5.11 Å². The molecule has 0 saturated carbocycles. The SMILES string of the molecule is CCCC[C@H]1OC[C@@H](O)C[C@H]1[Se]c1ccccc1. The molecule has 1 aliphatic rings. The third kappa shape index (κ3) is 4.10. The molecule has 2 nitrogen and oxygen atoms in total. The minimum absolute atomic E-state index is 0.265. The molecule has 2 rings (SSSR count). The fourth-order valence-electron chi connectivity index (χ4n) is 2.30. The summed E-state index contributed by atoms with van der Waals surface area (Å²) >= 11 is 0.404. The summed E-state index contributed by atoms with van der Waals surface area (Å²) in [5.41, 5.74) is 0. The van der Waals surface area contributed by atoms with Crippen LogP contribution in [0.4, 0.5) is 0 Å². The zero-order valence-electron chi connectivity index (χ0n) is 10.9. The van der Waals surface area contributed by atoms with Gasteiger partial charge in [-0.25, -0.2) is 0 Å².